The molecule has 0 aliphatic rings. The lowest BCUT2D eigenvalue weighted by atomic mass is 10.1. The van der Waals surface area contributed by atoms with E-state index in [4.69, 9.17) is 5.73 Å². The molecular weight excluding hydrogens is 150 g/mol. The Morgan fingerprint density at radius 3 is 2.17 bits per heavy atom. The largest absolute Gasteiger partial charge is 0.319 e. The zero-order valence-electron chi connectivity index (χ0n) is 7.83. The van der Waals surface area contributed by atoms with Gasteiger partial charge in [0.2, 0.25) is 0 Å². The Labute approximate surface area is 73.0 Å². The van der Waals surface area contributed by atoms with E-state index < -0.39 is 5.54 Å². The maximum Gasteiger partial charge on any atom is 0.147 e. The third-order valence-corrected chi connectivity index (χ3v) is 1.69. The van der Waals surface area contributed by atoms with Gasteiger partial charge in [-0.2, -0.15) is 0 Å². The molecule has 66 valence electrons. The summed E-state index contributed by atoms with van der Waals surface area (Å²) in [5.74, 6) is 0.694. The van der Waals surface area contributed by atoms with Crippen LogP contribution in [0.1, 0.15) is 32.2 Å². The Kier molecular flexibility index (Phi) is 2.43. The summed E-state index contributed by atoms with van der Waals surface area (Å²) in [5.41, 5.74) is 6.53. The summed E-state index contributed by atoms with van der Waals surface area (Å²) in [6, 6.07) is 0. The van der Waals surface area contributed by atoms with Crippen LogP contribution in [-0.2, 0) is 12.0 Å². The van der Waals surface area contributed by atoms with Crippen molar-refractivity contribution in [2.24, 2.45) is 5.73 Å². The maximum atomic E-state index is 5.82. The van der Waals surface area contributed by atoms with Crippen LogP contribution in [0.2, 0.25) is 0 Å². The fourth-order valence-electron chi connectivity index (χ4n) is 0.870. The second-order valence-electron chi connectivity index (χ2n) is 3.49. The smallest absolute Gasteiger partial charge is 0.147 e. The molecule has 0 aliphatic heterocycles. The van der Waals surface area contributed by atoms with Gasteiger partial charge < -0.3 is 5.73 Å². The fraction of sp³-hybridized carbons (Fsp3) is 0.556. The molecule has 12 heavy (non-hydrogen) atoms. The van der Waals surface area contributed by atoms with Gasteiger partial charge in [0.25, 0.3) is 0 Å². The van der Waals surface area contributed by atoms with E-state index in [-0.39, 0.29) is 0 Å². The van der Waals surface area contributed by atoms with Crippen molar-refractivity contribution in [3.05, 3.63) is 23.8 Å². The summed E-state index contributed by atoms with van der Waals surface area (Å²) in [7, 11) is 0. The fourth-order valence-corrected chi connectivity index (χ4v) is 0.870. The summed E-state index contributed by atoms with van der Waals surface area (Å²) in [6.07, 6.45) is 4.62. The van der Waals surface area contributed by atoms with Gasteiger partial charge in [-0.15, -0.1) is 0 Å². The molecule has 0 amide bonds. The van der Waals surface area contributed by atoms with E-state index >= 15 is 0 Å². The van der Waals surface area contributed by atoms with Crippen molar-refractivity contribution in [2.45, 2.75) is 32.7 Å². The molecule has 0 aromatic carbocycles. The molecule has 1 aromatic heterocycles. The summed E-state index contributed by atoms with van der Waals surface area (Å²) in [4.78, 5) is 8.37. The maximum absolute atomic E-state index is 5.82. The number of nitrogens with two attached hydrogens (primary N) is 1. The topological polar surface area (TPSA) is 51.8 Å². The highest BCUT2D eigenvalue weighted by Crippen LogP contribution is 2.10. The third-order valence-electron chi connectivity index (χ3n) is 1.69. The van der Waals surface area contributed by atoms with Crippen LogP contribution in [-0.4, -0.2) is 9.97 Å². The van der Waals surface area contributed by atoms with Crippen molar-refractivity contribution in [1.29, 1.82) is 0 Å². The molecule has 0 saturated carbocycles. The van der Waals surface area contributed by atoms with E-state index in [1.165, 1.54) is 0 Å². The predicted octanol–water partition coefficient (Wildman–Crippen LogP) is 1.23. The number of nitrogens with zero attached hydrogens (tertiary/aromatic N) is 2. The molecule has 0 fully saturated rings. The van der Waals surface area contributed by atoms with Gasteiger partial charge in [0.15, 0.2) is 0 Å². The van der Waals surface area contributed by atoms with E-state index in [0.29, 0.717) is 5.82 Å². The van der Waals surface area contributed by atoms with Crippen molar-refractivity contribution in [1.82, 2.24) is 9.97 Å². The van der Waals surface area contributed by atoms with Gasteiger partial charge >= 0.3 is 0 Å². The van der Waals surface area contributed by atoms with Gasteiger partial charge in [-0.3, -0.25) is 0 Å². The number of rotatable bonds is 2. The van der Waals surface area contributed by atoms with Crippen molar-refractivity contribution >= 4 is 0 Å². The van der Waals surface area contributed by atoms with E-state index in [1.54, 1.807) is 0 Å². The quantitative estimate of drug-likeness (QED) is 0.717. The molecule has 0 spiro atoms. The van der Waals surface area contributed by atoms with Crippen LogP contribution < -0.4 is 5.73 Å². The minimum absolute atomic E-state index is 0.438. The normalized spacial score (nSPS) is 11.7. The molecule has 3 heteroatoms. The Morgan fingerprint density at radius 2 is 1.83 bits per heavy atom. The predicted molar refractivity (Wildman–Crippen MR) is 48.6 cm³/mol. The monoisotopic (exact) mass is 165 g/mol. The lowest BCUT2D eigenvalue weighted by molar-refractivity contribution is 0.513. The first-order chi connectivity index (χ1) is 5.54. The van der Waals surface area contributed by atoms with E-state index in [2.05, 4.69) is 16.9 Å². The zero-order valence-corrected chi connectivity index (χ0v) is 7.83. The zero-order chi connectivity index (χ0) is 9.19. The first-order valence-electron chi connectivity index (χ1n) is 4.14. The van der Waals surface area contributed by atoms with Crippen molar-refractivity contribution in [3.8, 4) is 0 Å². The van der Waals surface area contributed by atoms with Gasteiger partial charge in [0.1, 0.15) is 5.82 Å². The van der Waals surface area contributed by atoms with Gasteiger partial charge in [0.05, 0.1) is 5.54 Å². The lowest BCUT2D eigenvalue weighted by Gasteiger charge is -2.15. The number of hydrogen-bond donors (Lipinski definition) is 1. The molecule has 0 saturated heterocycles. The van der Waals surface area contributed by atoms with Gasteiger partial charge in [-0.25, -0.2) is 9.97 Å². The van der Waals surface area contributed by atoms with E-state index in [1.807, 2.05) is 26.2 Å². The molecule has 1 aromatic rings. The SMILES string of the molecule is CCc1cnc(C(C)(C)N)nc1. The van der Waals surface area contributed by atoms with Gasteiger partial charge in [0, 0.05) is 12.4 Å². The van der Waals surface area contributed by atoms with Crippen LogP contribution >= 0.6 is 0 Å². The highest BCUT2D eigenvalue weighted by molar-refractivity contribution is 5.08. The number of aromatic nitrogens is 2. The summed E-state index contributed by atoms with van der Waals surface area (Å²) in [6.45, 7) is 5.87. The van der Waals surface area contributed by atoms with Crippen LogP contribution in [0.3, 0.4) is 0 Å². The van der Waals surface area contributed by atoms with E-state index in [0.717, 1.165) is 12.0 Å². The van der Waals surface area contributed by atoms with Crippen LogP contribution in [0, 0.1) is 0 Å². The Hall–Kier alpha value is -0.960. The summed E-state index contributed by atoms with van der Waals surface area (Å²) >= 11 is 0. The van der Waals surface area contributed by atoms with Crippen LogP contribution in [0.4, 0.5) is 0 Å². The second-order valence-corrected chi connectivity index (χ2v) is 3.49. The standard InChI is InChI=1S/C9H15N3/c1-4-7-5-11-8(12-6-7)9(2,3)10/h5-6H,4,10H2,1-3H3. The molecule has 1 rings (SSSR count). The van der Waals surface area contributed by atoms with Crippen LogP contribution in [0.25, 0.3) is 0 Å². The van der Waals surface area contributed by atoms with Crippen molar-refractivity contribution in [3.63, 3.8) is 0 Å². The molecule has 0 atom stereocenters. The first-order valence-corrected chi connectivity index (χ1v) is 4.14. The first kappa shape index (κ1) is 9.13. The Morgan fingerprint density at radius 1 is 1.33 bits per heavy atom. The second kappa shape index (κ2) is 3.19. The minimum atomic E-state index is -0.438. The van der Waals surface area contributed by atoms with Crippen LogP contribution in [0.15, 0.2) is 12.4 Å². The number of hydrogen-bond acceptors (Lipinski definition) is 3. The highest BCUT2D eigenvalue weighted by Gasteiger charge is 2.16. The van der Waals surface area contributed by atoms with Crippen molar-refractivity contribution < 1.29 is 0 Å². The summed E-state index contributed by atoms with van der Waals surface area (Å²) < 4.78 is 0. The molecule has 0 radical (unpaired) electrons. The molecule has 2 N–H and O–H groups in total. The molecule has 1 heterocycles. The average Bonchev–Trinajstić information content (AvgIpc) is 2.03. The average molecular weight is 165 g/mol. The summed E-state index contributed by atoms with van der Waals surface area (Å²) in [5, 5.41) is 0. The minimum Gasteiger partial charge on any atom is -0.319 e. The third kappa shape index (κ3) is 2.01. The molecule has 3 nitrogen and oxygen atoms in total. The molecule has 0 aliphatic carbocycles. The molecular formula is C9H15N3. The number of aryl methyl sites for hydroxylation is 1. The van der Waals surface area contributed by atoms with Crippen molar-refractivity contribution in [2.75, 3.05) is 0 Å². The molecule has 0 unspecified atom stereocenters. The van der Waals surface area contributed by atoms with E-state index in [9.17, 15) is 0 Å². The van der Waals surface area contributed by atoms with Crippen LogP contribution in [0.5, 0.6) is 0 Å². The molecule has 0 bridgehead atoms. The highest BCUT2D eigenvalue weighted by atomic mass is 14.9. The lowest BCUT2D eigenvalue weighted by Crippen LogP contribution is -2.31. The van der Waals surface area contributed by atoms with Gasteiger partial charge in [-0.1, -0.05) is 6.92 Å². The Balaban J connectivity index is 2.93. The Bertz CT molecular complexity index is 245. The van der Waals surface area contributed by atoms with Gasteiger partial charge in [-0.05, 0) is 25.8 Å².